The largest absolute Gasteiger partial charge is 0.318 e. The highest BCUT2D eigenvalue weighted by Gasteiger charge is 2.12. The van der Waals surface area contributed by atoms with E-state index in [2.05, 4.69) is 11.7 Å². The zero-order chi connectivity index (χ0) is 7.49. The summed E-state index contributed by atoms with van der Waals surface area (Å²) >= 11 is 0. The molecule has 0 saturated carbocycles. The van der Waals surface area contributed by atoms with Gasteiger partial charge >= 0.3 is 0 Å². The van der Waals surface area contributed by atoms with Crippen molar-refractivity contribution in [1.82, 2.24) is 0 Å². The van der Waals surface area contributed by atoms with Crippen LogP contribution in [-0.2, 0) is 0 Å². The molecule has 3 heteroatoms. The normalized spacial score (nSPS) is 13.4. The van der Waals surface area contributed by atoms with Crippen molar-refractivity contribution in [3.05, 3.63) is 12.7 Å². The van der Waals surface area contributed by atoms with Gasteiger partial charge in [0, 0.05) is 6.08 Å². The minimum atomic E-state index is 0.611. The summed E-state index contributed by atoms with van der Waals surface area (Å²) in [5.41, 5.74) is 0. The van der Waals surface area contributed by atoms with Gasteiger partial charge in [-0.1, -0.05) is 6.58 Å². The van der Waals surface area contributed by atoms with Gasteiger partial charge < -0.3 is 5.84 Å². The fourth-order valence-corrected chi connectivity index (χ4v) is 0.500. The number of hydrogen-bond donors (Lipinski definition) is 1. The van der Waals surface area contributed by atoms with Crippen LogP contribution in [0.4, 0.5) is 0 Å². The molecular weight excluding hydrogens is 114 g/mol. The van der Waals surface area contributed by atoms with Crippen LogP contribution >= 0.6 is 0 Å². The molecule has 0 aliphatic rings. The molecule has 3 nitrogen and oxygen atoms in total. The predicted molar refractivity (Wildman–Crippen MR) is 39.9 cm³/mol. The molecule has 0 bridgehead atoms. The van der Waals surface area contributed by atoms with E-state index >= 15 is 0 Å². The molecule has 2 N–H and O–H groups in total. The molecule has 0 spiro atoms. The summed E-state index contributed by atoms with van der Waals surface area (Å²) in [4.78, 5) is 0. The maximum Gasteiger partial charge on any atom is 0.242 e. The molecule has 0 aliphatic carbocycles. The number of rotatable bonds is 1. The first kappa shape index (κ1) is 8.17. The maximum absolute atomic E-state index is 5.07. The first-order valence-electron chi connectivity index (χ1n) is 2.74. The van der Waals surface area contributed by atoms with Crippen LogP contribution in [0.3, 0.4) is 0 Å². The second-order valence-corrected chi connectivity index (χ2v) is 2.70. The van der Waals surface area contributed by atoms with Gasteiger partial charge in [0.25, 0.3) is 0 Å². The van der Waals surface area contributed by atoms with E-state index in [1.165, 1.54) is 0 Å². The molecule has 0 aromatic heterocycles. The molecule has 0 atom stereocenters. The van der Waals surface area contributed by atoms with E-state index in [0.717, 1.165) is 5.84 Å². The van der Waals surface area contributed by atoms with Gasteiger partial charge in [-0.25, -0.2) is 0 Å². The Morgan fingerprint density at radius 2 is 2.00 bits per heavy atom. The lowest BCUT2D eigenvalue weighted by Gasteiger charge is -2.21. The third-order valence-electron chi connectivity index (χ3n) is 1.00. The summed E-state index contributed by atoms with van der Waals surface area (Å²) < 4.78 is 0.611. The maximum atomic E-state index is 5.07. The van der Waals surface area contributed by atoms with E-state index in [0.29, 0.717) is 4.48 Å². The fourth-order valence-electron chi connectivity index (χ4n) is 0.500. The van der Waals surface area contributed by atoms with Gasteiger partial charge in [-0.15, -0.1) is 5.10 Å². The van der Waals surface area contributed by atoms with Gasteiger partial charge in [0.15, 0.2) is 0 Å². The third-order valence-corrected chi connectivity index (χ3v) is 1.00. The van der Waals surface area contributed by atoms with Crippen LogP contribution in [0, 0.1) is 0 Å². The first-order chi connectivity index (χ1) is 4.02. The molecular formula is C6H14N3+. The Balaban J connectivity index is 4.32. The molecule has 0 aromatic rings. The van der Waals surface area contributed by atoms with Crippen LogP contribution in [0.15, 0.2) is 17.8 Å². The van der Waals surface area contributed by atoms with E-state index in [-0.39, 0.29) is 0 Å². The molecule has 9 heavy (non-hydrogen) atoms. The van der Waals surface area contributed by atoms with Gasteiger partial charge in [0.2, 0.25) is 5.84 Å². The fraction of sp³-hybridized carbons (Fsp3) is 0.500. The zero-order valence-corrected chi connectivity index (χ0v) is 6.26. The number of nitrogens with zero attached hydrogens (tertiary/aromatic N) is 2. The average Bonchev–Trinajstić information content (AvgIpc) is 1.65. The summed E-state index contributed by atoms with van der Waals surface area (Å²) in [5, 5.41) is 3.55. The molecule has 0 aromatic carbocycles. The summed E-state index contributed by atoms with van der Waals surface area (Å²) in [5.74, 6) is 5.84. The van der Waals surface area contributed by atoms with Crippen LogP contribution < -0.4 is 5.84 Å². The summed E-state index contributed by atoms with van der Waals surface area (Å²) in [6.07, 6.45) is 1.65. The molecule has 0 fully saturated rings. The summed E-state index contributed by atoms with van der Waals surface area (Å²) in [6.45, 7) is 3.57. The SMILES string of the molecule is C=C/C(=N\N)[N+](C)(C)C. The smallest absolute Gasteiger partial charge is 0.242 e. The van der Waals surface area contributed by atoms with Gasteiger partial charge in [-0.2, -0.15) is 0 Å². The Kier molecular flexibility index (Phi) is 2.40. The Bertz CT molecular complexity index is 130. The Hall–Kier alpha value is -0.830. The second kappa shape index (κ2) is 2.64. The number of hydrazone groups is 1. The van der Waals surface area contributed by atoms with Crippen molar-refractivity contribution in [2.24, 2.45) is 10.9 Å². The molecule has 0 unspecified atom stereocenters. The lowest BCUT2D eigenvalue weighted by atomic mass is 10.4. The van der Waals surface area contributed by atoms with Crippen LogP contribution in [0.5, 0.6) is 0 Å². The Morgan fingerprint density at radius 1 is 1.56 bits per heavy atom. The molecule has 0 aliphatic heterocycles. The van der Waals surface area contributed by atoms with Gasteiger partial charge in [-0.05, 0) is 0 Å². The van der Waals surface area contributed by atoms with E-state index in [1.54, 1.807) is 6.08 Å². The van der Waals surface area contributed by atoms with Crippen LogP contribution in [0.25, 0.3) is 0 Å². The van der Waals surface area contributed by atoms with E-state index < -0.39 is 0 Å². The van der Waals surface area contributed by atoms with Crippen molar-refractivity contribution >= 4 is 5.84 Å². The molecule has 0 radical (unpaired) electrons. The summed E-state index contributed by atoms with van der Waals surface area (Å²) in [6, 6.07) is 0. The molecule has 0 rings (SSSR count). The molecule has 0 saturated heterocycles. The zero-order valence-electron chi connectivity index (χ0n) is 6.26. The molecule has 0 amide bonds. The average molecular weight is 128 g/mol. The predicted octanol–water partition coefficient (Wildman–Crippen LogP) is 0.151. The number of hydrogen-bond acceptors (Lipinski definition) is 2. The lowest BCUT2D eigenvalue weighted by Crippen LogP contribution is -2.40. The number of nitrogens with two attached hydrogens (primary N) is 1. The first-order valence-corrected chi connectivity index (χ1v) is 2.74. The van der Waals surface area contributed by atoms with Gasteiger partial charge in [0.05, 0.1) is 21.1 Å². The van der Waals surface area contributed by atoms with E-state index in [1.807, 2.05) is 21.1 Å². The van der Waals surface area contributed by atoms with Crippen LogP contribution in [0.1, 0.15) is 0 Å². The Morgan fingerprint density at radius 3 is 2.00 bits per heavy atom. The molecule has 52 valence electrons. The van der Waals surface area contributed by atoms with Gasteiger partial charge in [0.1, 0.15) is 0 Å². The van der Waals surface area contributed by atoms with Crippen LogP contribution in [0.2, 0.25) is 0 Å². The minimum Gasteiger partial charge on any atom is -0.318 e. The number of quaternary nitrogens is 1. The minimum absolute atomic E-state index is 0.611. The second-order valence-electron chi connectivity index (χ2n) is 2.70. The highest BCUT2D eigenvalue weighted by Crippen LogP contribution is 1.93. The van der Waals surface area contributed by atoms with Crippen molar-refractivity contribution < 1.29 is 4.48 Å². The summed E-state index contributed by atoms with van der Waals surface area (Å²) in [7, 11) is 5.94. The Labute approximate surface area is 56.0 Å². The van der Waals surface area contributed by atoms with Crippen molar-refractivity contribution in [2.45, 2.75) is 0 Å². The van der Waals surface area contributed by atoms with E-state index in [4.69, 9.17) is 5.84 Å². The monoisotopic (exact) mass is 128 g/mol. The van der Waals surface area contributed by atoms with Crippen molar-refractivity contribution in [2.75, 3.05) is 21.1 Å². The standard InChI is InChI=1S/C6H14N3/c1-5-6(8-7)9(2,3)4/h5H,1,7H2,2-4H3/q+1/b8-6+. The lowest BCUT2D eigenvalue weighted by molar-refractivity contribution is -0.775. The highest BCUT2D eigenvalue weighted by molar-refractivity contribution is 5.85. The van der Waals surface area contributed by atoms with Crippen molar-refractivity contribution in [3.63, 3.8) is 0 Å². The third kappa shape index (κ3) is 2.28. The van der Waals surface area contributed by atoms with Gasteiger partial charge in [-0.3, -0.25) is 4.48 Å². The van der Waals surface area contributed by atoms with Crippen molar-refractivity contribution in [3.8, 4) is 0 Å². The highest BCUT2D eigenvalue weighted by atomic mass is 15.4. The quantitative estimate of drug-likeness (QED) is 0.176. The number of amidine groups is 1. The van der Waals surface area contributed by atoms with Crippen LogP contribution in [-0.4, -0.2) is 31.5 Å². The number of likely N-dealkylation sites (N-methyl/N-ethyl adjacent to an activating group) is 1. The van der Waals surface area contributed by atoms with E-state index in [9.17, 15) is 0 Å². The topological polar surface area (TPSA) is 38.4 Å². The molecule has 0 heterocycles. The van der Waals surface area contributed by atoms with Crippen molar-refractivity contribution in [1.29, 1.82) is 0 Å².